The summed E-state index contributed by atoms with van der Waals surface area (Å²) >= 11 is 0. The summed E-state index contributed by atoms with van der Waals surface area (Å²) in [6, 6.07) is 8.92. The average Bonchev–Trinajstić information content (AvgIpc) is 3.45. The van der Waals surface area contributed by atoms with Gasteiger partial charge in [-0.25, -0.2) is 9.00 Å². The standard InChI is InChI=1S/C25H27N3O3S/c1-2-15-26-23(29)14-11-17-9-12-20(13-10-17)32(31)28-25(30)27-24-21-7-3-5-18(21)16-19-6-4-8-22(19)24/h1,9-10,12-13,16H,3-8,11,14-15H2,(H,26,29)(H2,27,28,30). The van der Waals surface area contributed by atoms with E-state index in [0.29, 0.717) is 17.7 Å². The number of hydrogen-bond acceptors (Lipinski definition) is 3. The Morgan fingerprint density at radius 2 is 1.66 bits per heavy atom. The number of urea groups is 1. The first kappa shape index (κ1) is 22.1. The number of fused-ring (bicyclic) bond motifs is 2. The third-order valence-electron chi connectivity index (χ3n) is 6.06. The summed E-state index contributed by atoms with van der Waals surface area (Å²) in [6.45, 7) is 0.221. The molecule has 0 saturated heterocycles. The van der Waals surface area contributed by atoms with Crippen molar-refractivity contribution in [3.8, 4) is 12.3 Å². The molecule has 4 rings (SSSR count). The van der Waals surface area contributed by atoms with Gasteiger partial charge in [-0.1, -0.05) is 24.1 Å². The van der Waals surface area contributed by atoms with Crippen LogP contribution in [0.4, 0.5) is 10.5 Å². The Labute approximate surface area is 191 Å². The Hall–Kier alpha value is -3.11. The Kier molecular flexibility index (Phi) is 6.91. The number of rotatable bonds is 7. The largest absolute Gasteiger partial charge is 0.345 e. The monoisotopic (exact) mass is 449 g/mol. The van der Waals surface area contributed by atoms with Crippen LogP contribution in [0.2, 0.25) is 0 Å². The van der Waals surface area contributed by atoms with E-state index in [-0.39, 0.29) is 12.5 Å². The van der Waals surface area contributed by atoms with Gasteiger partial charge in [-0.15, -0.1) is 6.42 Å². The summed E-state index contributed by atoms with van der Waals surface area (Å²) in [5.41, 5.74) is 7.03. The van der Waals surface area contributed by atoms with Crippen LogP contribution in [0.5, 0.6) is 0 Å². The molecule has 3 amide bonds. The fraction of sp³-hybridized carbons (Fsp3) is 0.360. The zero-order valence-electron chi connectivity index (χ0n) is 18.0. The van der Waals surface area contributed by atoms with Crippen LogP contribution in [0.25, 0.3) is 0 Å². The van der Waals surface area contributed by atoms with E-state index in [4.69, 9.17) is 6.42 Å². The van der Waals surface area contributed by atoms with Gasteiger partial charge in [0.15, 0.2) is 11.0 Å². The van der Waals surface area contributed by atoms with Crippen molar-refractivity contribution >= 4 is 28.6 Å². The lowest BCUT2D eigenvalue weighted by Gasteiger charge is -2.16. The number of anilines is 1. The van der Waals surface area contributed by atoms with E-state index in [0.717, 1.165) is 49.8 Å². The average molecular weight is 450 g/mol. The number of aryl methyl sites for hydroxylation is 3. The summed E-state index contributed by atoms with van der Waals surface area (Å²) in [6.07, 6.45) is 12.3. The van der Waals surface area contributed by atoms with Gasteiger partial charge in [0.25, 0.3) is 0 Å². The second-order valence-electron chi connectivity index (χ2n) is 8.18. The molecule has 0 aliphatic heterocycles. The Balaban J connectivity index is 1.35. The van der Waals surface area contributed by atoms with Gasteiger partial charge in [0.05, 0.1) is 11.4 Å². The van der Waals surface area contributed by atoms with Gasteiger partial charge >= 0.3 is 6.03 Å². The molecule has 0 heterocycles. The highest BCUT2D eigenvalue weighted by Crippen LogP contribution is 2.38. The van der Waals surface area contributed by atoms with E-state index < -0.39 is 17.0 Å². The van der Waals surface area contributed by atoms with Crippen LogP contribution in [-0.2, 0) is 47.9 Å². The number of carbonyl (C=O) groups is 2. The topological polar surface area (TPSA) is 87.3 Å². The highest BCUT2D eigenvalue weighted by Gasteiger charge is 2.25. The fourth-order valence-electron chi connectivity index (χ4n) is 4.52. The van der Waals surface area contributed by atoms with Gasteiger partial charge in [-0.2, -0.15) is 0 Å². The van der Waals surface area contributed by atoms with Crippen molar-refractivity contribution in [2.45, 2.75) is 56.3 Å². The van der Waals surface area contributed by atoms with E-state index in [1.54, 1.807) is 12.1 Å². The number of terminal acetylenes is 1. The van der Waals surface area contributed by atoms with Crippen LogP contribution in [0.15, 0.2) is 35.2 Å². The maximum atomic E-state index is 12.7. The molecule has 166 valence electrons. The smallest absolute Gasteiger partial charge is 0.331 e. The summed E-state index contributed by atoms with van der Waals surface area (Å²) < 4.78 is 15.2. The van der Waals surface area contributed by atoms with Crippen LogP contribution in [0, 0.1) is 12.3 Å². The quantitative estimate of drug-likeness (QED) is 0.568. The number of hydrogen-bond donors (Lipinski definition) is 3. The van der Waals surface area contributed by atoms with Gasteiger partial charge in [0, 0.05) is 12.1 Å². The lowest BCUT2D eigenvalue weighted by atomic mass is 9.99. The maximum absolute atomic E-state index is 12.7. The van der Waals surface area contributed by atoms with E-state index >= 15 is 0 Å². The molecule has 2 aromatic carbocycles. The third kappa shape index (κ3) is 5.03. The molecule has 1 atom stereocenters. The van der Waals surface area contributed by atoms with Crippen LogP contribution in [-0.4, -0.2) is 22.7 Å². The minimum Gasteiger partial charge on any atom is -0.345 e. The molecule has 6 nitrogen and oxygen atoms in total. The number of nitrogens with one attached hydrogen (secondary N) is 3. The minimum atomic E-state index is -1.67. The molecular weight excluding hydrogens is 422 g/mol. The van der Waals surface area contributed by atoms with Crippen molar-refractivity contribution in [1.82, 2.24) is 10.0 Å². The Morgan fingerprint density at radius 3 is 2.28 bits per heavy atom. The van der Waals surface area contributed by atoms with Crippen LogP contribution < -0.4 is 15.4 Å². The van der Waals surface area contributed by atoms with Crippen molar-refractivity contribution in [2.75, 3.05) is 11.9 Å². The number of carbonyl (C=O) groups excluding carboxylic acids is 2. The highest BCUT2D eigenvalue weighted by molar-refractivity contribution is 7.83. The first-order valence-electron chi connectivity index (χ1n) is 11.0. The fourth-order valence-corrected chi connectivity index (χ4v) is 5.25. The second kappa shape index (κ2) is 10.0. The molecule has 0 spiro atoms. The summed E-state index contributed by atoms with van der Waals surface area (Å²) in [4.78, 5) is 24.8. The summed E-state index contributed by atoms with van der Waals surface area (Å²) in [5, 5.41) is 5.63. The lowest BCUT2D eigenvalue weighted by molar-refractivity contribution is -0.120. The third-order valence-corrected chi connectivity index (χ3v) is 7.13. The number of benzene rings is 2. The van der Waals surface area contributed by atoms with Crippen LogP contribution in [0.1, 0.15) is 47.1 Å². The highest BCUT2D eigenvalue weighted by atomic mass is 32.2. The molecule has 0 radical (unpaired) electrons. The predicted octanol–water partition coefficient (Wildman–Crippen LogP) is 3.19. The van der Waals surface area contributed by atoms with Crippen molar-refractivity contribution in [3.05, 3.63) is 58.1 Å². The van der Waals surface area contributed by atoms with Crippen molar-refractivity contribution < 1.29 is 13.8 Å². The van der Waals surface area contributed by atoms with Crippen LogP contribution >= 0.6 is 0 Å². The molecule has 2 aromatic rings. The molecule has 2 aliphatic rings. The molecule has 2 aliphatic carbocycles. The summed E-state index contributed by atoms with van der Waals surface area (Å²) in [7, 11) is -1.67. The van der Waals surface area contributed by atoms with Crippen LogP contribution in [0.3, 0.4) is 0 Å². The minimum absolute atomic E-state index is 0.104. The van der Waals surface area contributed by atoms with Gasteiger partial charge in [0.2, 0.25) is 5.91 Å². The zero-order chi connectivity index (χ0) is 22.5. The Morgan fingerprint density at radius 1 is 1.00 bits per heavy atom. The first-order valence-corrected chi connectivity index (χ1v) is 12.1. The molecule has 0 fully saturated rings. The molecule has 0 saturated carbocycles. The maximum Gasteiger partial charge on any atom is 0.331 e. The van der Waals surface area contributed by atoms with E-state index in [1.807, 2.05) is 12.1 Å². The van der Waals surface area contributed by atoms with Crippen molar-refractivity contribution in [2.24, 2.45) is 0 Å². The zero-order valence-corrected chi connectivity index (χ0v) is 18.8. The van der Waals surface area contributed by atoms with Gasteiger partial charge < -0.3 is 10.6 Å². The Bertz CT molecular complexity index is 1070. The number of amides is 3. The second-order valence-corrected chi connectivity index (χ2v) is 9.40. The molecule has 32 heavy (non-hydrogen) atoms. The summed E-state index contributed by atoms with van der Waals surface area (Å²) in [5.74, 6) is 2.26. The SMILES string of the molecule is C#CCNC(=O)CCc1ccc(S(=O)NC(=O)Nc2c3c(cc4c2CCC4)CCC3)cc1. The van der Waals surface area contributed by atoms with E-state index in [1.165, 1.54) is 22.3 Å². The first-order chi connectivity index (χ1) is 15.5. The molecule has 0 aromatic heterocycles. The molecule has 7 heteroatoms. The lowest BCUT2D eigenvalue weighted by Crippen LogP contribution is -2.31. The van der Waals surface area contributed by atoms with E-state index in [2.05, 4.69) is 27.3 Å². The molecular formula is C25H27N3O3S. The van der Waals surface area contributed by atoms with Crippen molar-refractivity contribution in [3.63, 3.8) is 0 Å². The van der Waals surface area contributed by atoms with E-state index in [9.17, 15) is 13.8 Å². The van der Waals surface area contributed by atoms with Crippen molar-refractivity contribution in [1.29, 1.82) is 0 Å². The van der Waals surface area contributed by atoms with Gasteiger partial charge in [0.1, 0.15) is 0 Å². The molecule has 3 N–H and O–H groups in total. The van der Waals surface area contributed by atoms with Gasteiger partial charge in [-0.3, -0.25) is 9.52 Å². The normalized spacial score (nSPS) is 14.7. The molecule has 1 unspecified atom stereocenters. The van der Waals surface area contributed by atoms with Gasteiger partial charge in [-0.05, 0) is 84.9 Å². The predicted molar refractivity (Wildman–Crippen MR) is 126 cm³/mol. The molecule has 0 bridgehead atoms.